The summed E-state index contributed by atoms with van der Waals surface area (Å²) in [5.41, 5.74) is 0. The van der Waals surface area contributed by atoms with Gasteiger partial charge in [0.05, 0.1) is 6.33 Å². The third-order valence-corrected chi connectivity index (χ3v) is 6.01. The van der Waals surface area contributed by atoms with Gasteiger partial charge in [0.25, 0.3) is 20.2 Å². The summed E-state index contributed by atoms with van der Waals surface area (Å²) in [7, 11) is -7.45. The first-order valence-corrected chi connectivity index (χ1v) is 8.99. The van der Waals surface area contributed by atoms with Gasteiger partial charge in [-0.15, -0.1) is 0 Å². The van der Waals surface area contributed by atoms with Crippen LogP contribution in [0.1, 0.15) is 6.92 Å². The zero-order valence-electron chi connectivity index (χ0n) is 11.0. The quantitative estimate of drug-likeness (QED) is 0.717. The van der Waals surface area contributed by atoms with Crippen molar-refractivity contribution < 1.29 is 16.8 Å². The van der Waals surface area contributed by atoms with Gasteiger partial charge in [-0.25, -0.2) is 18.5 Å². The first-order valence-electron chi connectivity index (χ1n) is 6.05. The van der Waals surface area contributed by atoms with E-state index in [2.05, 4.69) is 4.98 Å². The molecule has 0 aromatic carbocycles. The summed E-state index contributed by atoms with van der Waals surface area (Å²) in [5.74, 6) is 0. The number of aryl methyl sites for hydroxylation is 1. The van der Waals surface area contributed by atoms with Gasteiger partial charge in [0.15, 0.2) is 5.03 Å². The molecule has 1 aromatic rings. The molecule has 2 N–H and O–H groups in total. The van der Waals surface area contributed by atoms with Gasteiger partial charge in [-0.3, -0.25) is 0 Å². The SMILES string of the molecule is CCn1cnc(S(=O)(=O)N2CCN(S(N)(=O)=O)CC2)c1. The normalized spacial score (nSPS) is 19.3. The van der Waals surface area contributed by atoms with Gasteiger partial charge in [0.2, 0.25) is 0 Å². The monoisotopic (exact) mass is 323 g/mol. The molecular formula is C9H17N5O4S2. The number of hydrogen-bond donors (Lipinski definition) is 1. The van der Waals surface area contributed by atoms with E-state index >= 15 is 0 Å². The molecule has 0 radical (unpaired) electrons. The van der Waals surface area contributed by atoms with Gasteiger partial charge in [-0.1, -0.05) is 0 Å². The lowest BCUT2D eigenvalue weighted by Crippen LogP contribution is -2.52. The van der Waals surface area contributed by atoms with Crippen molar-refractivity contribution in [2.75, 3.05) is 26.2 Å². The van der Waals surface area contributed by atoms with E-state index in [1.165, 1.54) is 16.8 Å². The highest BCUT2D eigenvalue weighted by atomic mass is 32.2. The lowest BCUT2D eigenvalue weighted by atomic mass is 10.4. The van der Waals surface area contributed by atoms with E-state index in [9.17, 15) is 16.8 Å². The Balaban J connectivity index is 2.13. The van der Waals surface area contributed by atoms with Gasteiger partial charge in [0, 0.05) is 38.9 Å². The Morgan fingerprint density at radius 1 is 1.15 bits per heavy atom. The summed E-state index contributed by atoms with van der Waals surface area (Å²) in [4.78, 5) is 3.88. The van der Waals surface area contributed by atoms with Crippen molar-refractivity contribution in [1.82, 2.24) is 18.2 Å². The average Bonchev–Trinajstić information content (AvgIpc) is 2.87. The van der Waals surface area contributed by atoms with Crippen LogP contribution in [-0.4, -0.2) is 61.2 Å². The van der Waals surface area contributed by atoms with E-state index in [1.54, 1.807) is 4.57 Å². The van der Waals surface area contributed by atoms with Crippen LogP contribution in [0.4, 0.5) is 0 Å². The van der Waals surface area contributed by atoms with Gasteiger partial charge in [-0.2, -0.15) is 17.0 Å². The molecular weight excluding hydrogens is 306 g/mol. The molecule has 9 nitrogen and oxygen atoms in total. The Bertz CT molecular complexity index is 673. The number of sulfonamides is 1. The first kappa shape index (κ1) is 15.4. The van der Waals surface area contributed by atoms with Crippen LogP contribution in [-0.2, 0) is 26.8 Å². The molecule has 1 aliphatic rings. The second-order valence-corrected chi connectivity index (χ2v) is 7.82. The molecule has 0 bridgehead atoms. The van der Waals surface area contributed by atoms with E-state index in [0.29, 0.717) is 6.54 Å². The van der Waals surface area contributed by atoms with Crippen molar-refractivity contribution in [1.29, 1.82) is 0 Å². The lowest BCUT2D eigenvalue weighted by molar-refractivity contribution is 0.272. The maximum absolute atomic E-state index is 12.3. The maximum Gasteiger partial charge on any atom is 0.276 e. The number of piperazine rings is 1. The van der Waals surface area contributed by atoms with E-state index in [-0.39, 0.29) is 31.2 Å². The number of nitrogens with two attached hydrogens (primary N) is 1. The summed E-state index contributed by atoms with van der Waals surface area (Å²) in [5, 5.41) is 4.99. The van der Waals surface area contributed by atoms with Crippen molar-refractivity contribution in [2.45, 2.75) is 18.5 Å². The number of imidazole rings is 1. The largest absolute Gasteiger partial charge is 0.336 e. The minimum Gasteiger partial charge on any atom is -0.336 e. The Morgan fingerprint density at radius 3 is 2.15 bits per heavy atom. The fraction of sp³-hybridized carbons (Fsp3) is 0.667. The molecule has 114 valence electrons. The molecule has 2 rings (SSSR count). The minimum absolute atomic E-state index is 0.0246. The average molecular weight is 323 g/mol. The molecule has 0 amide bonds. The van der Waals surface area contributed by atoms with E-state index in [0.717, 1.165) is 4.31 Å². The Hall–Kier alpha value is -1.01. The predicted octanol–water partition coefficient (Wildman–Crippen LogP) is -1.59. The number of hydrogen-bond acceptors (Lipinski definition) is 5. The summed E-state index contributed by atoms with van der Waals surface area (Å²) in [6.45, 7) is 2.74. The second-order valence-electron chi connectivity index (χ2n) is 4.39. The number of rotatable bonds is 4. The fourth-order valence-electron chi connectivity index (χ4n) is 1.94. The van der Waals surface area contributed by atoms with Crippen LogP contribution < -0.4 is 5.14 Å². The molecule has 0 atom stereocenters. The van der Waals surface area contributed by atoms with Crippen molar-refractivity contribution in [3.63, 3.8) is 0 Å². The van der Waals surface area contributed by atoms with Gasteiger partial charge < -0.3 is 4.57 Å². The van der Waals surface area contributed by atoms with Gasteiger partial charge >= 0.3 is 0 Å². The zero-order chi connectivity index (χ0) is 15.0. The summed E-state index contributed by atoms with van der Waals surface area (Å²) in [6, 6.07) is 0. The minimum atomic E-state index is -3.77. The lowest BCUT2D eigenvalue weighted by Gasteiger charge is -2.31. The maximum atomic E-state index is 12.3. The van der Waals surface area contributed by atoms with Gasteiger partial charge in [-0.05, 0) is 6.92 Å². The third kappa shape index (κ3) is 3.01. The smallest absolute Gasteiger partial charge is 0.276 e. The highest BCUT2D eigenvalue weighted by Gasteiger charge is 2.32. The molecule has 1 aromatic heterocycles. The highest BCUT2D eigenvalue weighted by Crippen LogP contribution is 2.16. The Kier molecular flexibility index (Phi) is 4.16. The Morgan fingerprint density at radius 2 is 1.70 bits per heavy atom. The number of nitrogens with zero attached hydrogens (tertiary/aromatic N) is 4. The summed E-state index contributed by atoms with van der Waals surface area (Å²) in [6.07, 6.45) is 2.91. The van der Waals surface area contributed by atoms with Crippen molar-refractivity contribution in [2.24, 2.45) is 5.14 Å². The van der Waals surface area contributed by atoms with Crippen LogP contribution >= 0.6 is 0 Å². The molecule has 20 heavy (non-hydrogen) atoms. The molecule has 1 fully saturated rings. The zero-order valence-corrected chi connectivity index (χ0v) is 12.6. The highest BCUT2D eigenvalue weighted by molar-refractivity contribution is 7.89. The molecule has 0 unspecified atom stereocenters. The Labute approximate surface area is 118 Å². The topological polar surface area (TPSA) is 119 Å². The molecule has 0 saturated carbocycles. The standard InChI is InChI=1S/C9H17N5O4S2/c1-2-12-7-9(11-8-12)19(15,16)13-3-5-14(6-4-13)20(10,17)18/h7-8H,2-6H2,1H3,(H2,10,17,18). The number of aromatic nitrogens is 2. The molecule has 2 heterocycles. The predicted molar refractivity (Wildman–Crippen MR) is 71.3 cm³/mol. The van der Waals surface area contributed by atoms with E-state index in [4.69, 9.17) is 5.14 Å². The third-order valence-electron chi connectivity index (χ3n) is 3.14. The van der Waals surface area contributed by atoms with Crippen molar-refractivity contribution in [3.05, 3.63) is 12.5 Å². The molecule has 0 aliphatic carbocycles. The van der Waals surface area contributed by atoms with Crippen molar-refractivity contribution >= 4 is 20.2 Å². The van der Waals surface area contributed by atoms with Crippen LogP contribution in [0.25, 0.3) is 0 Å². The van der Waals surface area contributed by atoms with E-state index in [1.807, 2.05) is 6.92 Å². The van der Waals surface area contributed by atoms with E-state index < -0.39 is 20.2 Å². The molecule has 1 saturated heterocycles. The van der Waals surface area contributed by atoms with Gasteiger partial charge in [0.1, 0.15) is 0 Å². The molecule has 1 aliphatic heterocycles. The van der Waals surface area contributed by atoms with Crippen LogP contribution in [0.3, 0.4) is 0 Å². The van der Waals surface area contributed by atoms with Crippen LogP contribution in [0.2, 0.25) is 0 Å². The van der Waals surface area contributed by atoms with Crippen LogP contribution in [0.15, 0.2) is 17.6 Å². The summed E-state index contributed by atoms with van der Waals surface area (Å²) < 4.78 is 50.9. The van der Waals surface area contributed by atoms with Crippen LogP contribution in [0.5, 0.6) is 0 Å². The second kappa shape index (κ2) is 5.41. The van der Waals surface area contributed by atoms with Crippen molar-refractivity contribution in [3.8, 4) is 0 Å². The first-order chi connectivity index (χ1) is 9.25. The molecule has 11 heteroatoms. The fourth-order valence-corrected chi connectivity index (χ4v) is 3.97. The van der Waals surface area contributed by atoms with Crippen LogP contribution in [0, 0.1) is 0 Å². The molecule has 0 spiro atoms. The summed E-state index contributed by atoms with van der Waals surface area (Å²) >= 11 is 0.